The molecule has 1 amide bonds. The first-order valence-corrected chi connectivity index (χ1v) is 8.16. The molecule has 3 N–H and O–H groups in total. The van der Waals surface area contributed by atoms with E-state index < -0.39 is 17.0 Å². The first-order valence-electron chi connectivity index (χ1n) is 7.78. The fraction of sp³-hybridized carbons (Fsp3) is 0.529. The Morgan fingerprint density at radius 3 is 2.30 bits per heavy atom. The smallest absolute Gasteiger partial charge is 0.337 e. The minimum atomic E-state index is -1.98. The first-order chi connectivity index (χ1) is 10.8. The SMILES string of the molecule is CC(O)(CNC(=O)C1(c2ccc(Cl)cc2)CCCCC1)C(=O)O. The average Bonchev–Trinajstić information content (AvgIpc) is 2.53. The van der Waals surface area contributed by atoms with Crippen molar-refractivity contribution in [2.24, 2.45) is 0 Å². The van der Waals surface area contributed by atoms with Gasteiger partial charge >= 0.3 is 5.97 Å². The fourth-order valence-corrected chi connectivity index (χ4v) is 3.19. The number of aliphatic hydroxyl groups is 1. The minimum absolute atomic E-state index is 0.235. The minimum Gasteiger partial charge on any atom is -0.479 e. The number of benzene rings is 1. The van der Waals surface area contributed by atoms with Crippen LogP contribution in [0.5, 0.6) is 0 Å². The molecule has 126 valence electrons. The van der Waals surface area contributed by atoms with Crippen LogP contribution in [0.15, 0.2) is 24.3 Å². The molecular weight excluding hydrogens is 318 g/mol. The van der Waals surface area contributed by atoms with Crippen molar-refractivity contribution in [3.8, 4) is 0 Å². The fourth-order valence-electron chi connectivity index (χ4n) is 3.07. The van der Waals surface area contributed by atoms with Gasteiger partial charge in [0, 0.05) is 5.02 Å². The Kier molecular flexibility index (Phi) is 5.32. The molecule has 1 aliphatic rings. The van der Waals surface area contributed by atoms with Crippen LogP contribution in [0, 0.1) is 0 Å². The number of hydrogen-bond donors (Lipinski definition) is 3. The monoisotopic (exact) mass is 339 g/mol. The van der Waals surface area contributed by atoms with E-state index >= 15 is 0 Å². The molecule has 5 nitrogen and oxygen atoms in total. The Balaban J connectivity index is 2.22. The standard InChI is InChI=1S/C17H22ClNO4/c1-16(23,15(21)22)11-19-14(20)17(9-3-2-4-10-17)12-5-7-13(18)8-6-12/h5-8,23H,2-4,9-11H2,1H3,(H,19,20)(H,21,22). The van der Waals surface area contributed by atoms with Crippen molar-refractivity contribution in [3.63, 3.8) is 0 Å². The molecule has 1 unspecified atom stereocenters. The molecule has 1 aliphatic carbocycles. The van der Waals surface area contributed by atoms with Gasteiger partial charge in [0.15, 0.2) is 5.60 Å². The van der Waals surface area contributed by atoms with Gasteiger partial charge in [0.05, 0.1) is 12.0 Å². The summed E-state index contributed by atoms with van der Waals surface area (Å²) in [6, 6.07) is 7.22. The maximum Gasteiger partial charge on any atom is 0.337 e. The topological polar surface area (TPSA) is 86.6 Å². The second-order valence-electron chi connectivity index (χ2n) is 6.41. The van der Waals surface area contributed by atoms with E-state index in [4.69, 9.17) is 16.7 Å². The molecule has 0 saturated heterocycles. The van der Waals surface area contributed by atoms with Gasteiger partial charge in [-0.05, 0) is 37.5 Å². The van der Waals surface area contributed by atoms with Crippen LogP contribution in [0.25, 0.3) is 0 Å². The van der Waals surface area contributed by atoms with E-state index in [1.54, 1.807) is 12.1 Å². The number of halogens is 1. The van der Waals surface area contributed by atoms with E-state index in [0.29, 0.717) is 17.9 Å². The molecule has 2 rings (SSSR count). The molecule has 6 heteroatoms. The molecule has 0 radical (unpaired) electrons. The van der Waals surface area contributed by atoms with E-state index in [1.807, 2.05) is 12.1 Å². The summed E-state index contributed by atoms with van der Waals surface area (Å²) in [5, 5.41) is 22.0. The number of amides is 1. The molecule has 0 spiro atoms. The van der Waals surface area contributed by atoms with Crippen LogP contribution >= 0.6 is 11.6 Å². The Labute approximate surface area is 140 Å². The Morgan fingerprint density at radius 2 is 1.78 bits per heavy atom. The highest BCUT2D eigenvalue weighted by Gasteiger charge is 2.42. The molecule has 1 atom stereocenters. The summed E-state index contributed by atoms with van der Waals surface area (Å²) < 4.78 is 0. The van der Waals surface area contributed by atoms with Crippen LogP contribution in [-0.4, -0.2) is 34.2 Å². The molecule has 1 fully saturated rings. The van der Waals surface area contributed by atoms with Crippen molar-refractivity contribution in [1.82, 2.24) is 5.32 Å². The van der Waals surface area contributed by atoms with Crippen LogP contribution in [0.2, 0.25) is 5.02 Å². The van der Waals surface area contributed by atoms with E-state index in [-0.39, 0.29) is 12.5 Å². The number of nitrogens with one attached hydrogen (secondary N) is 1. The van der Waals surface area contributed by atoms with Crippen LogP contribution in [0.4, 0.5) is 0 Å². The normalized spacial score (nSPS) is 19.6. The van der Waals surface area contributed by atoms with Gasteiger partial charge in [0.2, 0.25) is 5.91 Å². The van der Waals surface area contributed by atoms with Crippen molar-refractivity contribution in [1.29, 1.82) is 0 Å². The molecule has 1 saturated carbocycles. The number of carbonyl (C=O) groups excluding carboxylic acids is 1. The molecule has 1 aromatic carbocycles. The zero-order valence-electron chi connectivity index (χ0n) is 13.1. The number of carbonyl (C=O) groups is 2. The molecule has 0 aliphatic heterocycles. The van der Waals surface area contributed by atoms with Gasteiger partial charge < -0.3 is 15.5 Å². The summed E-state index contributed by atoms with van der Waals surface area (Å²) in [4.78, 5) is 23.8. The summed E-state index contributed by atoms with van der Waals surface area (Å²) in [5.74, 6) is -1.59. The molecule has 0 aromatic heterocycles. The predicted octanol–water partition coefficient (Wildman–Crippen LogP) is 2.49. The number of hydrogen-bond acceptors (Lipinski definition) is 3. The van der Waals surface area contributed by atoms with Gasteiger partial charge in [0.25, 0.3) is 0 Å². The third kappa shape index (κ3) is 3.85. The zero-order valence-corrected chi connectivity index (χ0v) is 13.9. The first kappa shape index (κ1) is 17.8. The number of rotatable bonds is 5. The van der Waals surface area contributed by atoms with Gasteiger partial charge in [0.1, 0.15) is 0 Å². The molecule has 0 bridgehead atoms. The lowest BCUT2D eigenvalue weighted by Crippen LogP contribution is -2.52. The van der Waals surface area contributed by atoms with Crippen LogP contribution in [-0.2, 0) is 15.0 Å². The third-order valence-corrected chi connectivity index (χ3v) is 4.84. The Hall–Kier alpha value is -1.59. The Morgan fingerprint density at radius 1 is 1.22 bits per heavy atom. The predicted molar refractivity (Wildman–Crippen MR) is 87.5 cm³/mol. The summed E-state index contributed by atoms with van der Waals surface area (Å²) in [5.41, 5.74) is -1.78. The summed E-state index contributed by atoms with van der Waals surface area (Å²) >= 11 is 5.93. The van der Waals surface area contributed by atoms with Gasteiger partial charge in [-0.25, -0.2) is 4.79 Å². The quantitative estimate of drug-likeness (QED) is 0.769. The highest BCUT2D eigenvalue weighted by atomic mass is 35.5. The van der Waals surface area contributed by atoms with Crippen molar-refractivity contribution in [2.75, 3.05) is 6.54 Å². The molecular formula is C17H22ClNO4. The lowest BCUT2D eigenvalue weighted by Gasteiger charge is -2.37. The van der Waals surface area contributed by atoms with Gasteiger partial charge in [-0.1, -0.05) is 43.0 Å². The van der Waals surface area contributed by atoms with Crippen molar-refractivity contribution in [2.45, 2.75) is 50.0 Å². The summed E-state index contributed by atoms with van der Waals surface area (Å²) in [7, 11) is 0. The van der Waals surface area contributed by atoms with Gasteiger partial charge in [-0.15, -0.1) is 0 Å². The summed E-state index contributed by atoms with van der Waals surface area (Å²) in [6.45, 7) is 0.849. The van der Waals surface area contributed by atoms with Crippen molar-refractivity contribution < 1.29 is 19.8 Å². The second-order valence-corrected chi connectivity index (χ2v) is 6.85. The zero-order chi connectivity index (χ0) is 17.1. The highest BCUT2D eigenvalue weighted by Crippen LogP contribution is 2.40. The highest BCUT2D eigenvalue weighted by molar-refractivity contribution is 6.30. The third-order valence-electron chi connectivity index (χ3n) is 4.59. The van der Waals surface area contributed by atoms with Crippen LogP contribution < -0.4 is 5.32 Å². The van der Waals surface area contributed by atoms with E-state index in [2.05, 4.69) is 5.32 Å². The van der Waals surface area contributed by atoms with Crippen molar-refractivity contribution in [3.05, 3.63) is 34.9 Å². The van der Waals surface area contributed by atoms with E-state index in [0.717, 1.165) is 24.8 Å². The maximum atomic E-state index is 12.8. The molecule has 0 heterocycles. The van der Waals surface area contributed by atoms with Gasteiger partial charge in [-0.3, -0.25) is 4.79 Å². The lowest BCUT2D eigenvalue weighted by molar-refractivity contribution is -0.156. The number of carboxylic acid groups (broad SMARTS) is 1. The maximum absolute atomic E-state index is 12.8. The largest absolute Gasteiger partial charge is 0.479 e. The molecule has 1 aromatic rings. The van der Waals surface area contributed by atoms with Crippen molar-refractivity contribution >= 4 is 23.5 Å². The Bertz CT molecular complexity index is 577. The molecule has 23 heavy (non-hydrogen) atoms. The lowest BCUT2D eigenvalue weighted by atomic mass is 9.68. The van der Waals surface area contributed by atoms with E-state index in [9.17, 15) is 14.7 Å². The number of aliphatic carboxylic acids is 1. The van der Waals surface area contributed by atoms with Gasteiger partial charge in [-0.2, -0.15) is 0 Å². The summed E-state index contributed by atoms with van der Waals surface area (Å²) in [6.07, 6.45) is 4.36. The van der Waals surface area contributed by atoms with Crippen LogP contribution in [0.3, 0.4) is 0 Å². The average molecular weight is 340 g/mol. The van der Waals surface area contributed by atoms with Crippen LogP contribution in [0.1, 0.15) is 44.6 Å². The second kappa shape index (κ2) is 6.89. The van der Waals surface area contributed by atoms with E-state index in [1.165, 1.54) is 6.92 Å². The number of carboxylic acids is 1.